The van der Waals surface area contributed by atoms with Crippen molar-refractivity contribution >= 4 is 11.0 Å². The zero-order valence-electron chi connectivity index (χ0n) is 11.6. The van der Waals surface area contributed by atoms with E-state index in [4.69, 9.17) is 0 Å². The van der Waals surface area contributed by atoms with E-state index in [0.29, 0.717) is 11.0 Å². The maximum Gasteiger partial charge on any atom is 0.269 e. The Bertz CT molecular complexity index is 988. The van der Waals surface area contributed by atoms with Crippen LogP contribution in [0.1, 0.15) is 0 Å². The molecular weight excluding hydrogens is 276 g/mol. The highest BCUT2D eigenvalue weighted by Gasteiger charge is 2.11. The third kappa shape index (κ3) is 1.91. The van der Waals surface area contributed by atoms with Gasteiger partial charge in [-0.2, -0.15) is 5.10 Å². The van der Waals surface area contributed by atoms with E-state index in [1.54, 1.807) is 17.2 Å². The number of hydrogen-bond donors (Lipinski definition) is 0. The van der Waals surface area contributed by atoms with Crippen molar-refractivity contribution in [1.82, 2.24) is 19.3 Å². The number of benzene rings is 2. The Kier molecular flexibility index (Phi) is 2.83. The van der Waals surface area contributed by atoms with E-state index in [0.717, 1.165) is 11.4 Å². The lowest BCUT2D eigenvalue weighted by Gasteiger charge is -2.06. The van der Waals surface area contributed by atoms with Crippen LogP contribution in [0, 0.1) is 0 Å². The summed E-state index contributed by atoms with van der Waals surface area (Å²) in [4.78, 5) is 17.1. The number of aromatic nitrogens is 4. The van der Waals surface area contributed by atoms with Crippen molar-refractivity contribution in [3.05, 3.63) is 83.5 Å². The molecule has 0 atom stereocenters. The average Bonchev–Trinajstić information content (AvgIpc) is 3.02. The van der Waals surface area contributed by atoms with Crippen LogP contribution in [0.25, 0.3) is 22.4 Å². The van der Waals surface area contributed by atoms with Crippen molar-refractivity contribution in [3.8, 4) is 11.4 Å². The van der Waals surface area contributed by atoms with Gasteiger partial charge in [0.05, 0.1) is 17.6 Å². The van der Waals surface area contributed by atoms with E-state index in [-0.39, 0.29) is 5.56 Å². The first kappa shape index (κ1) is 12.5. The predicted octanol–water partition coefficient (Wildman–Crippen LogP) is 2.57. The van der Waals surface area contributed by atoms with Gasteiger partial charge < -0.3 is 0 Å². The second kappa shape index (κ2) is 4.96. The lowest BCUT2D eigenvalue weighted by atomic mass is 10.3. The van der Waals surface area contributed by atoms with Gasteiger partial charge in [0.1, 0.15) is 11.7 Å². The lowest BCUT2D eigenvalue weighted by molar-refractivity contribution is 0.885. The first-order valence-corrected chi connectivity index (χ1v) is 6.91. The molecule has 0 radical (unpaired) electrons. The van der Waals surface area contributed by atoms with Crippen LogP contribution >= 0.6 is 0 Å². The molecule has 2 heterocycles. The second-order valence-corrected chi connectivity index (χ2v) is 4.88. The zero-order valence-corrected chi connectivity index (χ0v) is 11.6. The van der Waals surface area contributed by atoms with Gasteiger partial charge in [-0.25, -0.2) is 9.67 Å². The Hall–Kier alpha value is -3.21. The van der Waals surface area contributed by atoms with E-state index >= 15 is 0 Å². The fourth-order valence-corrected chi connectivity index (χ4v) is 2.44. The summed E-state index contributed by atoms with van der Waals surface area (Å²) >= 11 is 0. The van der Waals surface area contributed by atoms with Crippen LogP contribution in [0.5, 0.6) is 0 Å². The fraction of sp³-hybridized carbons (Fsp3) is 0. The van der Waals surface area contributed by atoms with Gasteiger partial charge in [-0.3, -0.25) is 9.36 Å². The molecule has 0 fully saturated rings. The molecule has 22 heavy (non-hydrogen) atoms. The van der Waals surface area contributed by atoms with Crippen molar-refractivity contribution in [2.75, 3.05) is 0 Å². The van der Waals surface area contributed by atoms with Gasteiger partial charge in [0.25, 0.3) is 5.56 Å². The summed E-state index contributed by atoms with van der Waals surface area (Å²) in [6.45, 7) is 0. The molecule has 0 bridgehead atoms. The van der Waals surface area contributed by atoms with Crippen LogP contribution in [0.3, 0.4) is 0 Å². The van der Waals surface area contributed by atoms with Crippen molar-refractivity contribution in [2.45, 2.75) is 0 Å². The van der Waals surface area contributed by atoms with Crippen LogP contribution in [0.15, 0.2) is 78.0 Å². The van der Waals surface area contributed by atoms with Crippen LogP contribution in [0.4, 0.5) is 0 Å². The van der Waals surface area contributed by atoms with Gasteiger partial charge in [-0.15, -0.1) is 0 Å². The molecule has 0 N–H and O–H groups in total. The molecule has 2 aromatic carbocycles. The second-order valence-electron chi connectivity index (χ2n) is 4.88. The number of para-hydroxylation sites is 2. The van der Waals surface area contributed by atoms with Gasteiger partial charge in [0.15, 0.2) is 5.65 Å². The molecule has 0 unspecified atom stereocenters. The minimum atomic E-state index is -0.126. The molecule has 5 nitrogen and oxygen atoms in total. The third-order valence-electron chi connectivity index (χ3n) is 3.52. The predicted molar refractivity (Wildman–Crippen MR) is 84.5 cm³/mol. The molecule has 0 saturated heterocycles. The topological polar surface area (TPSA) is 52.7 Å². The first-order valence-electron chi connectivity index (χ1n) is 6.91. The Balaban J connectivity index is 1.94. The van der Waals surface area contributed by atoms with Crippen LogP contribution < -0.4 is 5.56 Å². The fourth-order valence-electron chi connectivity index (χ4n) is 2.44. The SMILES string of the molecule is O=c1c2cnn(-c3ccccc3)c2ncn1-c1ccccc1. The molecule has 5 heteroatoms. The number of fused-ring (bicyclic) bond motifs is 1. The Morgan fingerprint density at radius 1 is 0.818 bits per heavy atom. The monoisotopic (exact) mass is 288 g/mol. The van der Waals surface area contributed by atoms with Crippen molar-refractivity contribution in [1.29, 1.82) is 0 Å². The molecule has 0 saturated carbocycles. The van der Waals surface area contributed by atoms with Crippen molar-refractivity contribution in [2.24, 2.45) is 0 Å². The normalized spacial score (nSPS) is 10.9. The third-order valence-corrected chi connectivity index (χ3v) is 3.52. The van der Waals surface area contributed by atoms with Crippen LogP contribution in [-0.2, 0) is 0 Å². The largest absolute Gasteiger partial charge is 0.269 e. The Morgan fingerprint density at radius 2 is 1.45 bits per heavy atom. The Labute approximate surface area is 126 Å². The van der Waals surface area contributed by atoms with Gasteiger partial charge in [0, 0.05) is 0 Å². The molecule has 106 valence electrons. The summed E-state index contributed by atoms with van der Waals surface area (Å²) in [5.41, 5.74) is 2.10. The minimum Gasteiger partial charge on any atom is -0.268 e. The molecule has 2 aromatic heterocycles. The molecule has 0 aliphatic carbocycles. The molecule has 4 aromatic rings. The summed E-state index contributed by atoms with van der Waals surface area (Å²) in [7, 11) is 0. The van der Waals surface area contributed by atoms with Gasteiger partial charge in [-0.1, -0.05) is 36.4 Å². The number of rotatable bonds is 2. The van der Waals surface area contributed by atoms with Crippen LogP contribution in [-0.4, -0.2) is 19.3 Å². The van der Waals surface area contributed by atoms with Gasteiger partial charge in [0.2, 0.25) is 0 Å². The summed E-state index contributed by atoms with van der Waals surface area (Å²) < 4.78 is 3.20. The van der Waals surface area contributed by atoms with Crippen molar-refractivity contribution in [3.63, 3.8) is 0 Å². The number of hydrogen-bond acceptors (Lipinski definition) is 3. The summed E-state index contributed by atoms with van der Waals surface area (Å²) in [6, 6.07) is 19.1. The minimum absolute atomic E-state index is 0.126. The van der Waals surface area contributed by atoms with E-state index < -0.39 is 0 Å². The highest BCUT2D eigenvalue weighted by atomic mass is 16.1. The molecule has 0 amide bonds. The van der Waals surface area contributed by atoms with E-state index in [9.17, 15) is 4.79 Å². The highest BCUT2D eigenvalue weighted by Crippen LogP contribution is 2.14. The summed E-state index contributed by atoms with van der Waals surface area (Å²) in [5, 5.41) is 4.80. The Morgan fingerprint density at radius 3 is 2.14 bits per heavy atom. The molecule has 0 aliphatic rings. The number of nitrogens with zero attached hydrogens (tertiary/aromatic N) is 4. The molecule has 0 aliphatic heterocycles. The zero-order chi connectivity index (χ0) is 14.9. The molecule has 0 spiro atoms. The lowest BCUT2D eigenvalue weighted by Crippen LogP contribution is -2.18. The molecular formula is C17H12N4O. The maximum absolute atomic E-state index is 12.6. The van der Waals surface area contributed by atoms with Crippen molar-refractivity contribution < 1.29 is 0 Å². The van der Waals surface area contributed by atoms with Gasteiger partial charge >= 0.3 is 0 Å². The average molecular weight is 288 g/mol. The van der Waals surface area contributed by atoms with Gasteiger partial charge in [-0.05, 0) is 24.3 Å². The van der Waals surface area contributed by atoms with Crippen LogP contribution in [0.2, 0.25) is 0 Å². The standard InChI is InChI=1S/C17H12N4O/c22-17-15-11-19-21(14-9-5-2-6-10-14)16(15)18-12-20(17)13-7-3-1-4-8-13/h1-12H. The van der Waals surface area contributed by atoms with E-state index in [1.807, 2.05) is 60.7 Å². The summed E-state index contributed by atoms with van der Waals surface area (Å²) in [6.07, 6.45) is 3.11. The first-order chi connectivity index (χ1) is 10.8. The smallest absolute Gasteiger partial charge is 0.268 e. The molecule has 4 rings (SSSR count). The van der Waals surface area contributed by atoms with E-state index in [1.165, 1.54) is 4.57 Å². The highest BCUT2D eigenvalue weighted by molar-refractivity contribution is 5.75. The maximum atomic E-state index is 12.6. The van der Waals surface area contributed by atoms with E-state index in [2.05, 4.69) is 10.1 Å². The quantitative estimate of drug-likeness (QED) is 0.569. The summed E-state index contributed by atoms with van der Waals surface area (Å²) in [5.74, 6) is 0.